The number of nitrogens with two attached hydrogens (primary N) is 1. The van der Waals surface area contributed by atoms with Gasteiger partial charge in [-0.2, -0.15) is 0 Å². The standard InChI is InChI=1S/C11H23NO/c1-11(2,3)7-10(12)9-5-4-6-13-8-9/h9-10H,4-8,12H2,1-3H3. The summed E-state index contributed by atoms with van der Waals surface area (Å²) >= 11 is 0. The van der Waals surface area contributed by atoms with E-state index >= 15 is 0 Å². The zero-order valence-corrected chi connectivity index (χ0v) is 9.18. The molecule has 13 heavy (non-hydrogen) atoms. The quantitative estimate of drug-likeness (QED) is 0.715. The van der Waals surface area contributed by atoms with E-state index in [9.17, 15) is 0 Å². The van der Waals surface area contributed by atoms with Crippen LogP contribution >= 0.6 is 0 Å². The number of hydrogen-bond donors (Lipinski definition) is 1. The van der Waals surface area contributed by atoms with Gasteiger partial charge in [-0.3, -0.25) is 0 Å². The van der Waals surface area contributed by atoms with Gasteiger partial charge in [-0.25, -0.2) is 0 Å². The van der Waals surface area contributed by atoms with Crippen molar-refractivity contribution in [3.63, 3.8) is 0 Å². The summed E-state index contributed by atoms with van der Waals surface area (Å²) in [5.41, 5.74) is 6.50. The predicted molar refractivity (Wildman–Crippen MR) is 55.6 cm³/mol. The minimum absolute atomic E-state index is 0.320. The third-order valence-corrected chi connectivity index (χ3v) is 2.65. The maximum absolute atomic E-state index is 6.15. The molecule has 78 valence electrons. The van der Waals surface area contributed by atoms with Crippen molar-refractivity contribution in [3.05, 3.63) is 0 Å². The lowest BCUT2D eigenvalue weighted by Gasteiger charge is -2.31. The molecule has 0 saturated carbocycles. The zero-order chi connectivity index (χ0) is 9.90. The van der Waals surface area contributed by atoms with Crippen molar-refractivity contribution in [3.8, 4) is 0 Å². The Bertz CT molecular complexity index is 145. The van der Waals surface area contributed by atoms with Crippen molar-refractivity contribution in [1.82, 2.24) is 0 Å². The van der Waals surface area contributed by atoms with Crippen LogP contribution in [0.4, 0.5) is 0 Å². The lowest BCUT2D eigenvalue weighted by molar-refractivity contribution is 0.0392. The molecular formula is C11H23NO. The lowest BCUT2D eigenvalue weighted by atomic mass is 9.82. The van der Waals surface area contributed by atoms with Gasteiger partial charge in [0.2, 0.25) is 0 Å². The second kappa shape index (κ2) is 4.43. The van der Waals surface area contributed by atoms with Gasteiger partial charge in [0.1, 0.15) is 0 Å². The molecule has 0 radical (unpaired) electrons. The highest BCUT2D eigenvalue weighted by atomic mass is 16.5. The van der Waals surface area contributed by atoms with Gasteiger partial charge in [0, 0.05) is 12.6 Å². The van der Waals surface area contributed by atoms with Crippen LogP contribution in [0, 0.1) is 11.3 Å². The van der Waals surface area contributed by atoms with Crippen LogP contribution < -0.4 is 5.73 Å². The van der Waals surface area contributed by atoms with Gasteiger partial charge in [0.25, 0.3) is 0 Å². The smallest absolute Gasteiger partial charge is 0.0509 e. The number of ether oxygens (including phenoxy) is 1. The highest BCUT2D eigenvalue weighted by molar-refractivity contribution is 4.79. The van der Waals surface area contributed by atoms with Gasteiger partial charge >= 0.3 is 0 Å². The SMILES string of the molecule is CC(C)(C)CC(N)C1CCCOC1. The lowest BCUT2D eigenvalue weighted by Crippen LogP contribution is -2.38. The Balaban J connectivity index is 2.33. The molecule has 1 aliphatic heterocycles. The molecule has 1 heterocycles. The van der Waals surface area contributed by atoms with Crippen LogP contribution in [0.3, 0.4) is 0 Å². The molecule has 2 atom stereocenters. The fraction of sp³-hybridized carbons (Fsp3) is 1.00. The highest BCUT2D eigenvalue weighted by Gasteiger charge is 2.25. The van der Waals surface area contributed by atoms with Crippen molar-refractivity contribution in [1.29, 1.82) is 0 Å². The van der Waals surface area contributed by atoms with E-state index in [0.717, 1.165) is 19.6 Å². The zero-order valence-electron chi connectivity index (χ0n) is 9.18. The molecule has 1 fully saturated rings. The third-order valence-electron chi connectivity index (χ3n) is 2.65. The molecule has 2 N–H and O–H groups in total. The minimum atomic E-state index is 0.320. The molecular weight excluding hydrogens is 162 g/mol. The number of rotatable bonds is 2. The van der Waals surface area contributed by atoms with E-state index in [1.54, 1.807) is 0 Å². The summed E-state index contributed by atoms with van der Waals surface area (Å²) in [5, 5.41) is 0. The molecule has 0 bridgehead atoms. The molecule has 0 aromatic heterocycles. The van der Waals surface area contributed by atoms with E-state index < -0.39 is 0 Å². The molecule has 0 spiro atoms. The van der Waals surface area contributed by atoms with Crippen molar-refractivity contribution in [2.45, 2.75) is 46.1 Å². The third kappa shape index (κ3) is 4.10. The first-order chi connectivity index (χ1) is 5.99. The molecule has 0 amide bonds. The second-order valence-corrected chi connectivity index (χ2v) is 5.41. The topological polar surface area (TPSA) is 35.2 Å². The molecule has 2 unspecified atom stereocenters. The van der Waals surface area contributed by atoms with Crippen LogP contribution in [0.2, 0.25) is 0 Å². The summed E-state index contributed by atoms with van der Waals surface area (Å²) in [4.78, 5) is 0. The minimum Gasteiger partial charge on any atom is -0.381 e. The van der Waals surface area contributed by atoms with Crippen LogP contribution in [-0.4, -0.2) is 19.3 Å². The maximum atomic E-state index is 6.15. The van der Waals surface area contributed by atoms with Gasteiger partial charge in [-0.1, -0.05) is 20.8 Å². The van der Waals surface area contributed by atoms with E-state index in [2.05, 4.69) is 20.8 Å². The first kappa shape index (κ1) is 11.0. The molecule has 0 aromatic carbocycles. The van der Waals surface area contributed by atoms with E-state index in [1.807, 2.05) is 0 Å². The molecule has 2 nitrogen and oxygen atoms in total. The van der Waals surface area contributed by atoms with E-state index in [0.29, 0.717) is 17.4 Å². The summed E-state index contributed by atoms with van der Waals surface area (Å²) in [6.07, 6.45) is 3.53. The summed E-state index contributed by atoms with van der Waals surface area (Å²) in [6, 6.07) is 0.320. The van der Waals surface area contributed by atoms with Gasteiger partial charge in [0.15, 0.2) is 0 Å². The monoisotopic (exact) mass is 185 g/mol. The predicted octanol–water partition coefficient (Wildman–Crippen LogP) is 2.18. The Labute approximate surface area is 81.8 Å². The average Bonchev–Trinajstić information content (AvgIpc) is 2.03. The normalized spacial score (nSPS) is 27.2. The van der Waals surface area contributed by atoms with Gasteiger partial charge in [-0.05, 0) is 30.6 Å². The van der Waals surface area contributed by atoms with Crippen LogP contribution in [0.5, 0.6) is 0 Å². The Morgan fingerprint density at radius 3 is 2.62 bits per heavy atom. The van der Waals surface area contributed by atoms with Crippen molar-refractivity contribution in [2.24, 2.45) is 17.1 Å². The largest absolute Gasteiger partial charge is 0.381 e. The fourth-order valence-electron chi connectivity index (χ4n) is 1.98. The first-order valence-electron chi connectivity index (χ1n) is 5.32. The van der Waals surface area contributed by atoms with Gasteiger partial charge < -0.3 is 10.5 Å². The molecule has 1 saturated heterocycles. The van der Waals surface area contributed by atoms with E-state index in [4.69, 9.17) is 10.5 Å². The molecule has 0 aromatic rings. The summed E-state index contributed by atoms with van der Waals surface area (Å²) in [6.45, 7) is 8.54. The van der Waals surface area contributed by atoms with E-state index in [-0.39, 0.29) is 0 Å². The Hall–Kier alpha value is -0.0800. The maximum Gasteiger partial charge on any atom is 0.0509 e. The van der Waals surface area contributed by atoms with Crippen LogP contribution in [0.15, 0.2) is 0 Å². The van der Waals surface area contributed by atoms with Crippen LogP contribution in [-0.2, 0) is 4.74 Å². The summed E-state index contributed by atoms with van der Waals surface area (Å²) < 4.78 is 5.44. The van der Waals surface area contributed by atoms with Crippen LogP contribution in [0.1, 0.15) is 40.0 Å². The summed E-state index contributed by atoms with van der Waals surface area (Å²) in [5.74, 6) is 0.591. The Morgan fingerprint density at radius 2 is 2.15 bits per heavy atom. The van der Waals surface area contributed by atoms with E-state index in [1.165, 1.54) is 12.8 Å². The van der Waals surface area contributed by atoms with Crippen LogP contribution in [0.25, 0.3) is 0 Å². The molecule has 0 aliphatic carbocycles. The fourth-order valence-corrected chi connectivity index (χ4v) is 1.98. The summed E-state index contributed by atoms with van der Waals surface area (Å²) in [7, 11) is 0. The average molecular weight is 185 g/mol. The Morgan fingerprint density at radius 1 is 1.46 bits per heavy atom. The van der Waals surface area contributed by atoms with Crippen molar-refractivity contribution < 1.29 is 4.74 Å². The van der Waals surface area contributed by atoms with Crippen molar-refractivity contribution >= 4 is 0 Å². The molecule has 1 aliphatic rings. The van der Waals surface area contributed by atoms with Gasteiger partial charge in [0.05, 0.1) is 6.61 Å². The second-order valence-electron chi connectivity index (χ2n) is 5.41. The Kier molecular flexibility index (Phi) is 3.74. The van der Waals surface area contributed by atoms with Gasteiger partial charge in [-0.15, -0.1) is 0 Å². The number of hydrogen-bond acceptors (Lipinski definition) is 2. The molecule has 2 heteroatoms. The first-order valence-corrected chi connectivity index (χ1v) is 5.32. The highest BCUT2D eigenvalue weighted by Crippen LogP contribution is 2.26. The molecule has 1 rings (SSSR count). The van der Waals surface area contributed by atoms with Crippen molar-refractivity contribution in [2.75, 3.05) is 13.2 Å².